The third kappa shape index (κ3) is 5.30. The van der Waals surface area contributed by atoms with E-state index in [4.69, 9.17) is 16.3 Å². The minimum Gasteiger partial charge on any atom is -0.449 e. The molecular formula is C20H21ClFNO3. The van der Waals surface area contributed by atoms with Gasteiger partial charge in [-0.05, 0) is 37.1 Å². The van der Waals surface area contributed by atoms with Gasteiger partial charge < -0.3 is 10.1 Å². The van der Waals surface area contributed by atoms with E-state index in [1.807, 2.05) is 37.3 Å². The summed E-state index contributed by atoms with van der Waals surface area (Å²) in [5.74, 6) is -1.54. The highest BCUT2D eigenvalue weighted by molar-refractivity contribution is 6.33. The Bertz CT molecular complexity index is 767. The van der Waals surface area contributed by atoms with Crippen LogP contribution in [0.2, 0.25) is 5.02 Å². The molecule has 0 unspecified atom stereocenters. The number of hydrogen-bond acceptors (Lipinski definition) is 3. The molecule has 0 heterocycles. The molecule has 0 aromatic heterocycles. The molecule has 26 heavy (non-hydrogen) atoms. The first-order valence-corrected chi connectivity index (χ1v) is 8.78. The average molecular weight is 378 g/mol. The molecule has 0 aliphatic heterocycles. The van der Waals surface area contributed by atoms with Crippen molar-refractivity contribution in [1.29, 1.82) is 0 Å². The molecule has 0 bridgehead atoms. The van der Waals surface area contributed by atoms with E-state index in [0.717, 1.165) is 24.1 Å². The predicted molar refractivity (Wildman–Crippen MR) is 98.8 cm³/mol. The van der Waals surface area contributed by atoms with Crippen molar-refractivity contribution in [2.75, 3.05) is 6.54 Å². The van der Waals surface area contributed by atoms with Gasteiger partial charge in [0.05, 0.1) is 10.6 Å². The molecule has 6 heteroatoms. The van der Waals surface area contributed by atoms with Crippen LogP contribution in [-0.4, -0.2) is 24.5 Å². The van der Waals surface area contributed by atoms with E-state index in [2.05, 4.69) is 5.32 Å². The monoisotopic (exact) mass is 377 g/mol. The molecule has 2 aromatic carbocycles. The first-order valence-electron chi connectivity index (χ1n) is 8.41. The molecule has 138 valence electrons. The van der Waals surface area contributed by atoms with Crippen LogP contribution in [0.4, 0.5) is 4.39 Å². The lowest BCUT2D eigenvalue weighted by Gasteiger charge is -2.18. The van der Waals surface area contributed by atoms with Crippen molar-refractivity contribution in [1.82, 2.24) is 5.32 Å². The Balaban J connectivity index is 1.91. The van der Waals surface area contributed by atoms with Gasteiger partial charge in [0, 0.05) is 12.5 Å². The van der Waals surface area contributed by atoms with Crippen LogP contribution >= 0.6 is 11.6 Å². The number of rotatable bonds is 7. The highest BCUT2D eigenvalue weighted by atomic mass is 35.5. The first-order chi connectivity index (χ1) is 12.4. The Morgan fingerprint density at radius 2 is 1.88 bits per heavy atom. The summed E-state index contributed by atoms with van der Waals surface area (Å²) in [6, 6.07) is 13.2. The third-order valence-corrected chi connectivity index (χ3v) is 4.40. The van der Waals surface area contributed by atoms with Crippen molar-refractivity contribution in [3.63, 3.8) is 0 Å². The van der Waals surface area contributed by atoms with Gasteiger partial charge in [0.1, 0.15) is 5.82 Å². The second kappa shape index (κ2) is 9.34. The molecule has 4 nitrogen and oxygen atoms in total. The molecule has 2 aromatic rings. The molecule has 1 amide bonds. The van der Waals surface area contributed by atoms with Crippen LogP contribution in [0.5, 0.6) is 0 Å². The third-order valence-electron chi connectivity index (χ3n) is 4.09. The minimum atomic E-state index is -0.989. The zero-order chi connectivity index (χ0) is 19.1. The molecule has 0 saturated heterocycles. The second-order valence-corrected chi connectivity index (χ2v) is 6.34. The highest BCUT2D eigenvalue weighted by Gasteiger charge is 2.21. The minimum absolute atomic E-state index is 0.0171. The van der Waals surface area contributed by atoms with Crippen LogP contribution < -0.4 is 5.32 Å². The summed E-state index contributed by atoms with van der Waals surface area (Å²) >= 11 is 5.84. The van der Waals surface area contributed by atoms with Crippen LogP contribution in [-0.2, 0) is 9.53 Å². The maximum Gasteiger partial charge on any atom is 0.340 e. The SMILES string of the molecule is CC[C@H](CNC(=O)[C@H](C)OC(=O)c1ccc(F)cc1Cl)c1ccccc1. The molecule has 0 spiro atoms. The average Bonchev–Trinajstić information content (AvgIpc) is 2.62. The van der Waals surface area contributed by atoms with E-state index in [0.29, 0.717) is 6.54 Å². The fourth-order valence-electron chi connectivity index (χ4n) is 2.52. The fraction of sp³-hybridized carbons (Fsp3) is 0.300. The van der Waals surface area contributed by atoms with Crippen molar-refractivity contribution in [3.05, 3.63) is 70.5 Å². The van der Waals surface area contributed by atoms with Crippen LogP contribution in [0, 0.1) is 5.82 Å². The molecule has 0 fully saturated rings. The maximum atomic E-state index is 13.1. The van der Waals surface area contributed by atoms with Crippen molar-refractivity contribution in [2.24, 2.45) is 0 Å². The summed E-state index contributed by atoms with van der Waals surface area (Å²) in [5.41, 5.74) is 1.15. The van der Waals surface area contributed by atoms with Crippen molar-refractivity contribution in [3.8, 4) is 0 Å². The van der Waals surface area contributed by atoms with Crippen molar-refractivity contribution in [2.45, 2.75) is 32.3 Å². The number of ether oxygens (including phenoxy) is 1. The Kier molecular flexibility index (Phi) is 7.16. The van der Waals surface area contributed by atoms with Gasteiger partial charge in [0.25, 0.3) is 5.91 Å². The molecule has 2 atom stereocenters. The lowest BCUT2D eigenvalue weighted by atomic mass is 9.96. The summed E-state index contributed by atoms with van der Waals surface area (Å²) in [7, 11) is 0. The lowest BCUT2D eigenvalue weighted by Crippen LogP contribution is -2.38. The Hall–Kier alpha value is -2.40. The number of esters is 1. The Morgan fingerprint density at radius 1 is 1.19 bits per heavy atom. The standard InChI is InChI=1S/C20H21ClFNO3/c1-3-14(15-7-5-4-6-8-15)12-23-19(24)13(2)26-20(25)17-10-9-16(22)11-18(17)21/h4-11,13-14H,3,12H2,1-2H3,(H,23,24)/t13-,14+/m0/s1. The summed E-state index contributed by atoms with van der Waals surface area (Å²) in [5, 5.41) is 2.75. The van der Waals surface area contributed by atoms with E-state index >= 15 is 0 Å². The summed E-state index contributed by atoms with van der Waals surface area (Å²) in [6.45, 7) is 3.97. The van der Waals surface area contributed by atoms with Gasteiger partial charge in [0.15, 0.2) is 6.10 Å². The van der Waals surface area contributed by atoms with Crippen LogP contribution in [0.25, 0.3) is 0 Å². The maximum absolute atomic E-state index is 13.1. The number of benzene rings is 2. The van der Waals surface area contributed by atoms with E-state index < -0.39 is 23.8 Å². The number of hydrogen-bond donors (Lipinski definition) is 1. The lowest BCUT2D eigenvalue weighted by molar-refractivity contribution is -0.129. The molecule has 0 radical (unpaired) electrons. The molecule has 0 aliphatic carbocycles. The van der Waals surface area contributed by atoms with Crippen molar-refractivity contribution >= 4 is 23.5 Å². The van der Waals surface area contributed by atoms with E-state index in [1.54, 1.807) is 0 Å². The predicted octanol–water partition coefficient (Wildman–Crippen LogP) is 4.33. The van der Waals surface area contributed by atoms with Gasteiger partial charge in [-0.3, -0.25) is 4.79 Å². The summed E-state index contributed by atoms with van der Waals surface area (Å²) in [6.07, 6.45) is -0.124. The van der Waals surface area contributed by atoms with E-state index in [1.165, 1.54) is 13.0 Å². The summed E-state index contributed by atoms with van der Waals surface area (Å²) < 4.78 is 18.2. The van der Waals surface area contributed by atoms with Gasteiger partial charge >= 0.3 is 5.97 Å². The quantitative estimate of drug-likeness (QED) is 0.730. The molecule has 0 saturated carbocycles. The zero-order valence-corrected chi connectivity index (χ0v) is 15.4. The van der Waals surface area contributed by atoms with Crippen molar-refractivity contribution < 1.29 is 18.7 Å². The first kappa shape index (κ1) is 19.9. The molecule has 0 aliphatic rings. The van der Waals surface area contributed by atoms with Gasteiger partial charge in [-0.15, -0.1) is 0 Å². The van der Waals surface area contributed by atoms with Gasteiger partial charge in [-0.25, -0.2) is 9.18 Å². The van der Waals surface area contributed by atoms with Crippen LogP contribution in [0.15, 0.2) is 48.5 Å². The Morgan fingerprint density at radius 3 is 2.50 bits per heavy atom. The van der Waals surface area contributed by atoms with Gasteiger partial charge in [-0.1, -0.05) is 48.9 Å². The Labute approximate surface area is 157 Å². The van der Waals surface area contributed by atoms with E-state index in [-0.39, 0.29) is 16.5 Å². The topological polar surface area (TPSA) is 55.4 Å². The highest BCUT2D eigenvalue weighted by Crippen LogP contribution is 2.20. The van der Waals surface area contributed by atoms with E-state index in [9.17, 15) is 14.0 Å². The number of carbonyl (C=O) groups is 2. The van der Waals surface area contributed by atoms with Crippen LogP contribution in [0.3, 0.4) is 0 Å². The largest absolute Gasteiger partial charge is 0.449 e. The zero-order valence-electron chi connectivity index (χ0n) is 14.7. The van der Waals surface area contributed by atoms with Crippen LogP contribution in [0.1, 0.15) is 42.1 Å². The number of nitrogens with one attached hydrogen (secondary N) is 1. The fourth-order valence-corrected chi connectivity index (χ4v) is 2.77. The molecule has 1 N–H and O–H groups in total. The molecule has 2 rings (SSSR count). The number of halogens is 2. The number of carbonyl (C=O) groups excluding carboxylic acids is 2. The number of amides is 1. The smallest absolute Gasteiger partial charge is 0.340 e. The normalized spacial score (nSPS) is 12.9. The van der Waals surface area contributed by atoms with Gasteiger partial charge in [0.2, 0.25) is 0 Å². The molecular weight excluding hydrogens is 357 g/mol. The second-order valence-electron chi connectivity index (χ2n) is 5.93. The van der Waals surface area contributed by atoms with Gasteiger partial charge in [-0.2, -0.15) is 0 Å². The summed E-state index contributed by atoms with van der Waals surface area (Å²) in [4.78, 5) is 24.3.